The minimum Gasteiger partial charge on any atom is -0.351 e. The minimum absolute atomic E-state index is 0.0413. The standard InChI is InChI=1S/C25H30N2O2/c1-2-18-13-15-19(16-14-18)17-27-23(21-11-7-8-12-22(21)25(27)29)24(28)26-20-9-5-3-4-6-10-20/h7-8,11-16,20,23H,2-6,9-10,17H2,1H3,(H,26,28)/t23-/m1/s1. The quantitative estimate of drug-likeness (QED) is 0.747. The van der Waals surface area contributed by atoms with E-state index in [2.05, 4.69) is 36.5 Å². The molecule has 2 aromatic rings. The molecule has 1 fully saturated rings. The summed E-state index contributed by atoms with van der Waals surface area (Å²) in [7, 11) is 0. The van der Waals surface area contributed by atoms with E-state index in [1.807, 2.05) is 24.3 Å². The van der Waals surface area contributed by atoms with Crippen LogP contribution in [0.1, 0.15) is 78.5 Å². The summed E-state index contributed by atoms with van der Waals surface area (Å²) in [6, 6.07) is 15.5. The van der Waals surface area contributed by atoms with Crippen LogP contribution in [-0.2, 0) is 17.8 Å². The molecule has 1 N–H and O–H groups in total. The summed E-state index contributed by atoms with van der Waals surface area (Å²) in [5.41, 5.74) is 3.80. The van der Waals surface area contributed by atoms with Crippen LogP contribution in [0, 0.1) is 0 Å². The molecule has 0 unspecified atom stereocenters. The Balaban J connectivity index is 1.58. The van der Waals surface area contributed by atoms with Crippen LogP contribution < -0.4 is 5.32 Å². The fourth-order valence-corrected chi connectivity index (χ4v) is 4.60. The van der Waals surface area contributed by atoms with Gasteiger partial charge >= 0.3 is 0 Å². The third kappa shape index (κ3) is 4.21. The molecule has 152 valence electrons. The molecule has 0 saturated heterocycles. The second kappa shape index (κ2) is 8.81. The van der Waals surface area contributed by atoms with Crippen molar-refractivity contribution in [2.24, 2.45) is 0 Å². The highest BCUT2D eigenvalue weighted by Gasteiger charge is 2.41. The van der Waals surface area contributed by atoms with Gasteiger partial charge in [-0.25, -0.2) is 0 Å². The molecular weight excluding hydrogens is 360 g/mol. The van der Waals surface area contributed by atoms with Crippen molar-refractivity contribution in [3.05, 3.63) is 70.8 Å². The van der Waals surface area contributed by atoms with E-state index >= 15 is 0 Å². The van der Waals surface area contributed by atoms with Gasteiger partial charge in [0.2, 0.25) is 5.91 Å². The van der Waals surface area contributed by atoms with Gasteiger partial charge in [-0.15, -0.1) is 0 Å². The Morgan fingerprint density at radius 2 is 1.62 bits per heavy atom. The van der Waals surface area contributed by atoms with Crippen LogP contribution in [0.3, 0.4) is 0 Å². The zero-order valence-corrected chi connectivity index (χ0v) is 17.2. The average Bonchev–Trinajstić information content (AvgIpc) is 2.89. The van der Waals surface area contributed by atoms with Crippen LogP contribution in [0.25, 0.3) is 0 Å². The van der Waals surface area contributed by atoms with Crippen molar-refractivity contribution in [2.75, 3.05) is 0 Å². The maximum Gasteiger partial charge on any atom is 0.255 e. The number of fused-ring (bicyclic) bond motifs is 1. The molecule has 29 heavy (non-hydrogen) atoms. The number of carbonyl (C=O) groups excluding carboxylic acids is 2. The first-order valence-corrected chi connectivity index (χ1v) is 11.0. The molecule has 2 aliphatic rings. The molecule has 0 spiro atoms. The molecule has 1 aliphatic carbocycles. The Hall–Kier alpha value is -2.62. The predicted octanol–water partition coefficient (Wildman–Crippen LogP) is 4.79. The zero-order chi connectivity index (χ0) is 20.2. The second-order valence-electron chi connectivity index (χ2n) is 8.29. The van der Waals surface area contributed by atoms with E-state index in [1.54, 1.807) is 4.90 Å². The molecule has 4 nitrogen and oxygen atoms in total. The summed E-state index contributed by atoms with van der Waals surface area (Å²) < 4.78 is 0. The van der Waals surface area contributed by atoms with E-state index < -0.39 is 6.04 Å². The van der Waals surface area contributed by atoms with Crippen molar-refractivity contribution >= 4 is 11.8 Å². The lowest BCUT2D eigenvalue weighted by Gasteiger charge is -2.27. The summed E-state index contributed by atoms with van der Waals surface area (Å²) in [4.78, 5) is 28.2. The van der Waals surface area contributed by atoms with Crippen LogP contribution in [-0.4, -0.2) is 22.8 Å². The van der Waals surface area contributed by atoms with Crippen molar-refractivity contribution < 1.29 is 9.59 Å². The molecule has 0 aromatic heterocycles. The Morgan fingerprint density at radius 3 is 2.31 bits per heavy atom. The normalized spacial score (nSPS) is 19.7. The molecule has 2 amide bonds. The zero-order valence-electron chi connectivity index (χ0n) is 17.2. The minimum atomic E-state index is -0.548. The Morgan fingerprint density at radius 1 is 0.966 bits per heavy atom. The molecule has 1 aliphatic heterocycles. The highest BCUT2D eigenvalue weighted by molar-refractivity contribution is 6.04. The van der Waals surface area contributed by atoms with Crippen molar-refractivity contribution in [3.63, 3.8) is 0 Å². The van der Waals surface area contributed by atoms with Gasteiger partial charge in [0.1, 0.15) is 6.04 Å². The Labute approximate surface area is 173 Å². The Kier molecular flexibility index (Phi) is 5.98. The average molecular weight is 391 g/mol. The number of nitrogens with one attached hydrogen (secondary N) is 1. The molecule has 0 radical (unpaired) electrons. The maximum atomic E-state index is 13.3. The Bertz CT molecular complexity index is 867. The third-order valence-corrected chi connectivity index (χ3v) is 6.29. The summed E-state index contributed by atoms with van der Waals surface area (Å²) >= 11 is 0. The van der Waals surface area contributed by atoms with Crippen molar-refractivity contribution in [3.8, 4) is 0 Å². The molecule has 4 heteroatoms. The first-order valence-electron chi connectivity index (χ1n) is 11.0. The molecule has 0 bridgehead atoms. The lowest BCUT2D eigenvalue weighted by atomic mass is 10.0. The van der Waals surface area contributed by atoms with Crippen molar-refractivity contribution in [1.82, 2.24) is 10.2 Å². The second-order valence-corrected chi connectivity index (χ2v) is 8.29. The number of hydrogen-bond donors (Lipinski definition) is 1. The highest BCUT2D eigenvalue weighted by atomic mass is 16.2. The summed E-state index contributed by atoms with van der Waals surface area (Å²) in [6.07, 6.45) is 7.88. The van der Waals surface area contributed by atoms with Gasteiger partial charge in [-0.05, 0) is 42.0 Å². The summed E-state index contributed by atoms with van der Waals surface area (Å²) in [5, 5.41) is 3.26. The number of aryl methyl sites for hydroxylation is 1. The van der Waals surface area contributed by atoms with Gasteiger partial charge < -0.3 is 10.2 Å². The fraction of sp³-hybridized carbons (Fsp3) is 0.440. The van der Waals surface area contributed by atoms with E-state index in [1.165, 1.54) is 31.2 Å². The van der Waals surface area contributed by atoms with Gasteiger partial charge in [-0.1, -0.05) is 75.1 Å². The highest BCUT2D eigenvalue weighted by Crippen LogP contribution is 2.35. The van der Waals surface area contributed by atoms with Crippen LogP contribution >= 0.6 is 0 Å². The van der Waals surface area contributed by atoms with Gasteiger partial charge in [0.15, 0.2) is 0 Å². The van der Waals surface area contributed by atoms with Gasteiger partial charge in [0.25, 0.3) is 5.91 Å². The molecule has 1 heterocycles. The van der Waals surface area contributed by atoms with E-state index in [9.17, 15) is 9.59 Å². The van der Waals surface area contributed by atoms with Crippen LogP contribution in [0.5, 0.6) is 0 Å². The number of amides is 2. The lowest BCUT2D eigenvalue weighted by Crippen LogP contribution is -2.43. The number of nitrogens with zero attached hydrogens (tertiary/aromatic N) is 1. The monoisotopic (exact) mass is 390 g/mol. The number of rotatable bonds is 5. The fourth-order valence-electron chi connectivity index (χ4n) is 4.60. The first-order chi connectivity index (χ1) is 14.2. The van der Waals surface area contributed by atoms with Crippen LogP contribution in [0.15, 0.2) is 48.5 Å². The van der Waals surface area contributed by atoms with E-state index in [0.717, 1.165) is 30.4 Å². The van der Waals surface area contributed by atoms with Crippen molar-refractivity contribution in [1.29, 1.82) is 0 Å². The van der Waals surface area contributed by atoms with Crippen LogP contribution in [0.4, 0.5) is 0 Å². The number of carbonyl (C=O) groups is 2. The van der Waals surface area contributed by atoms with E-state index in [-0.39, 0.29) is 17.9 Å². The van der Waals surface area contributed by atoms with Crippen LogP contribution in [0.2, 0.25) is 0 Å². The molecule has 2 aromatic carbocycles. The summed E-state index contributed by atoms with van der Waals surface area (Å²) in [6.45, 7) is 2.57. The SMILES string of the molecule is CCc1ccc(CN2C(=O)c3ccccc3[C@@H]2C(=O)NC2CCCCCC2)cc1. The van der Waals surface area contributed by atoms with Gasteiger partial charge in [-0.3, -0.25) is 9.59 Å². The van der Waals surface area contributed by atoms with E-state index in [0.29, 0.717) is 12.1 Å². The molecule has 1 atom stereocenters. The largest absolute Gasteiger partial charge is 0.351 e. The third-order valence-electron chi connectivity index (χ3n) is 6.29. The molecular formula is C25H30N2O2. The topological polar surface area (TPSA) is 49.4 Å². The van der Waals surface area contributed by atoms with E-state index in [4.69, 9.17) is 0 Å². The number of benzene rings is 2. The lowest BCUT2D eigenvalue weighted by molar-refractivity contribution is -0.126. The number of hydrogen-bond acceptors (Lipinski definition) is 2. The van der Waals surface area contributed by atoms with Gasteiger partial charge in [0.05, 0.1) is 0 Å². The van der Waals surface area contributed by atoms with Gasteiger partial charge in [0, 0.05) is 18.2 Å². The maximum absolute atomic E-state index is 13.3. The smallest absolute Gasteiger partial charge is 0.255 e. The first kappa shape index (κ1) is 19.7. The van der Waals surface area contributed by atoms with Gasteiger partial charge in [-0.2, -0.15) is 0 Å². The molecule has 1 saturated carbocycles. The predicted molar refractivity (Wildman–Crippen MR) is 115 cm³/mol. The van der Waals surface area contributed by atoms with Crippen molar-refractivity contribution in [2.45, 2.75) is 70.5 Å². The summed E-state index contributed by atoms with van der Waals surface area (Å²) in [5.74, 6) is -0.0958. The molecule has 4 rings (SSSR count).